The Morgan fingerprint density at radius 2 is 1.53 bits per heavy atom. The second kappa shape index (κ2) is 11.4. The van der Waals surface area contributed by atoms with Crippen molar-refractivity contribution >= 4 is 0 Å². The largest absolute Gasteiger partial charge is 0.497 e. The molecule has 0 atom stereocenters. The molecule has 1 aliphatic carbocycles. The smallest absolute Gasteiger partial charge is 0.200 e. The maximum absolute atomic E-state index is 15.0. The Balaban J connectivity index is 1.60. The first-order valence-electron chi connectivity index (χ1n) is 11.4. The van der Waals surface area contributed by atoms with Crippen LogP contribution in [0.5, 0.6) is 5.75 Å². The summed E-state index contributed by atoms with van der Waals surface area (Å²) in [5.74, 6) is -3.31. The normalized spacial score (nSPS) is 18.8. The van der Waals surface area contributed by atoms with E-state index >= 15 is 0 Å². The van der Waals surface area contributed by atoms with Crippen molar-refractivity contribution in [1.82, 2.24) is 0 Å². The van der Waals surface area contributed by atoms with Crippen molar-refractivity contribution in [3.05, 3.63) is 89.7 Å². The Morgan fingerprint density at radius 3 is 2.12 bits per heavy atom. The van der Waals surface area contributed by atoms with Crippen LogP contribution in [-0.4, -0.2) is 14.2 Å². The van der Waals surface area contributed by atoms with Gasteiger partial charge in [-0.05, 0) is 79.2 Å². The number of methoxy groups -OCH3 is 2. The van der Waals surface area contributed by atoms with Gasteiger partial charge in [-0.1, -0.05) is 37.4 Å². The summed E-state index contributed by atoms with van der Waals surface area (Å²) in [6, 6.07) is 10.1. The van der Waals surface area contributed by atoms with Gasteiger partial charge in [0.1, 0.15) is 11.5 Å². The highest BCUT2D eigenvalue weighted by molar-refractivity contribution is 5.65. The molecule has 6 heteroatoms. The molecule has 0 bridgehead atoms. The van der Waals surface area contributed by atoms with Crippen LogP contribution in [-0.2, 0) is 4.74 Å². The zero-order valence-corrected chi connectivity index (χ0v) is 19.6. The average Bonchev–Trinajstić information content (AvgIpc) is 2.88. The summed E-state index contributed by atoms with van der Waals surface area (Å²) in [6.45, 7) is 6.94. The third-order valence-corrected chi connectivity index (χ3v) is 6.65. The molecule has 1 saturated carbocycles. The van der Waals surface area contributed by atoms with Crippen LogP contribution in [0.2, 0.25) is 0 Å². The van der Waals surface area contributed by atoms with E-state index in [4.69, 9.17) is 4.74 Å². The summed E-state index contributed by atoms with van der Waals surface area (Å²) in [5.41, 5.74) is 1.26. The number of hydrogen-bond donors (Lipinski definition) is 0. The fourth-order valence-electron chi connectivity index (χ4n) is 4.49. The SMILES string of the molecule is C=C(CCC1CCC(c2ccc(-c3ccc(OC)cc3)c(F)c2F)CC1)/C(F)=C(/F)C(=C)OC. The van der Waals surface area contributed by atoms with Gasteiger partial charge in [0.25, 0.3) is 0 Å². The first-order valence-corrected chi connectivity index (χ1v) is 11.4. The molecule has 182 valence electrons. The van der Waals surface area contributed by atoms with Crippen molar-refractivity contribution in [3.8, 4) is 16.9 Å². The average molecular weight is 475 g/mol. The highest BCUT2D eigenvalue weighted by Crippen LogP contribution is 2.41. The van der Waals surface area contributed by atoms with E-state index in [9.17, 15) is 17.6 Å². The standard InChI is InChI=1S/C28H30F4O2/c1-17(25(29)26(30)18(2)33-3)5-6-19-7-9-20(10-8-19)23-15-16-24(28(32)27(23)31)21-11-13-22(34-4)14-12-21/h11-16,19-20H,1-2,5-10H2,3-4H3/b26-25-. The molecule has 1 aliphatic rings. The third kappa shape index (κ3) is 5.72. The highest BCUT2D eigenvalue weighted by Gasteiger charge is 2.27. The predicted octanol–water partition coefficient (Wildman–Crippen LogP) is 8.56. The topological polar surface area (TPSA) is 18.5 Å². The van der Waals surface area contributed by atoms with Gasteiger partial charge in [0.15, 0.2) is 23.3 Å². The minimum Gasteiger partial charge on any atom is -0.497 e. The number of halogens is 4. The fourth-order valence-corrected chi connectivity index (χ4v) is 4.49. The Kier molecular flexibility index (Phi) is 8.59. The lowest BCUT2D eigenvalue weighted by Crippen LogP contribution is -2.15. The van der Waals surface area contributed by atoms with E-state index in [1.807, 2.05) is 0 Å². The molecule has 3 rings (SSSR count). The van der Waals surface area contributed by atoms with E-state index in [0.717, 1.165) is 12.8 Å². The maximum Gasteiger partial charge on any atom is 0.200 e. The van der Waals surface area contributed by atoms with Crippen LogP contribution in [0.1, 0.15) is 50.0 Å². The fraction of sp³-hybridized carbons (Fsp3) is 0.357. The Hall–Kier alpha value is -3.02. The molecule has 1 fully saturated rings. The van der Waals surface area contributed by atoms with Gasteiger partial charge in [-0.25, -0.2) is 13.2 Å². The zero-order chi connectivity index (χ0) is 24.8. The first-order chi connectivity index (χ1) is 16.3. The maximum atomic E-state index is 15.0. The number of rotatable bonds is 9. The molecule has 34 heavy (non-hydrogen) atoms. The predicted molar refractivity (Wildman–Crippen MR) is 127 cm³/mol. The summed E-state index contributed by atoms with van der Waals surface area (Å²) in [7, 11) is 2.77. The Bertz CT molecular complexity index is 1060. The molecule has 0 amide bonds. The van der Waals surface area contributed by atoms with Crippen molar-refractivity contribution in [2.75, 3.05) is 14.2 Å². The third-order valence-electron chi connectivity index (χ3n) is 6.65. The van der Waals surface area contributed by atoms with Gasteiger partial charge in [0.05, 0.1) is 14.2 Å². The molecule has 0 saturated heterocycles. The molecule has 0 N–H and O–H groups in total. The van der Waals surface area contributed by atoms with E-state index in [2.05, 4.69) is 17.9 Å². The van der Waals surface area contributed by atoms with Crippen LogP contribution < -0.4 is 4.74 Å². The van der Waals surface area contributed by atoms with Crippen molar-refractivity contribution in [2.45, 2.75) is 44.4 Å². The molecular formula is C28H30F4O2. The quantitative estimate of drug-likeness (QED) is 0.206. The first kappa shape index (κ1) is 25.6. The Labute approximate surface area is 198 Å². The summed E-state index contributed by atoms with van der Waals surface area (Å²) in [6.07, 6.45) is 3.99. The molecule has 0 spiro atoms. The van der Waals surface area contributed by atoms with E-state index in [-0.39, 0.29) is 22.8 Å². The number of allylic oxidation sites excluding steroid dienone is 3. The number of ether oxygens (including phenoxy) is 2. The van der Waals surface area contributed by atoms with Gasteiger partial charge in [-0.15, -0.1) is 0 Å². The summed E-state index contributed by atoms with van der Waals surface area (Å²) in [5, 5.41) is 0. The van der Waals surface area contributed by atoms with Crippen molar-refractivity contribution < 1.29 is 27.0 Å². The van der Waals surface area contributed by atoms with Crippen molar-refractivity contribution in [3.63, 3.8) is 0 Å². The van der Waals surface area contributed by atoms with Crippen LogP contribution in [0.3, 0.4) is 0 Å². The molecule has 0 radical (unpaired) electrons. The van der Waals surface area contributed by atoms with Gasteiger partial charge in [0.2, 0.25) is 0 Å². The molecule has 0 aromatic heterocycles. The molecule has 2 aromatic carbocycles. The van der Waals surface area contributed by atoms with Crippen LogP contribution in [0.15, 0.2) is 72.5 Å². The lowest BCUT2D eigenvalue weighted by Gasteiger charge is -2.29. The van der Waals surface area contributed by atoms with Crippen molar-refractivity contribution in [1.29, 1.82) is 0 Å². The monoisotopic (exact) mass is 474 g/mol. The lowest BCUT2D eigenvalue weighted by atomic mass is 9.76. The molecule has 2 aromatic rings. The van der Waals surface area contributed by atoms with Gasteiger partial charge < -0.3 is 9.47 Å². The van der Waals surface area contributed by atoms with Gasteiger partial charge in [0, 0.05) is 5.56 Å². The van der Waals surface area contributed by atoms with Crippen LogP contribution in [0.25, 0.3) is 11.1 Å². The highest BCUT2D eigenvalue weighted by atomic mass is 19.2. The summed E-state index contributed by atoms with van der Waals surface area (Å²) >= 11 is 0. The van der Waals surface area contributed by atoms with Gasteiger partial charge >= 0.3 is 0 Å². The number of benzene rings is 2. The summed E-state index contributed by atoms with van der Waals surface area (Å²) in [4.78, 5) is 0. The van der Waals surface area contributed by atoms with E-state index in [1.165, 1.54) is 7.11 Å². The molecule has 2 nitrogen and oxygen atoms in total. The molecule has 0 unspecified atom stereocenters. The van der Waals surface area contributed by atoms with Crippen LogP contribution in [0.4, 0.5) is 17.6 Å². The number of hydrogen-bond acceptors (Lipinski definition) is 2. The zero-order valence-electron chi connectivity index (χ0n) is 19.6. The second-order valence-corrected chi connectivity index (χ2v) is 8.67. The van der Waals surface area contributed by atoms with Crippen molar-refractivity contribution in [2.24, 2.45) is 5.92 Å². The Morgan fingerprint density at radius 1 is 0.882 bits per heavy atom. The van der Waals surface area contributed by atoms with Gasteiger partial charge in [-0.2, -0.15) is 4.39 Å². The van der Waals surface area contributed by atoms with Gasteiger partial charge in [-0.3, -0.25) is 0 Å². The minimum absolute atomic E-state index is 0.0695. The van der Waals surface area contributed by atoms with Crippen LogP contribution >= 0.6 is 0 Å². The van der Waals surface area contributed by atoms with E-state index < -0.39 is 23.3 Å². The minimum atomic E-state index is -1.13. The van der Waals surface area contributed by atoms with E-state index in [0.29, 0.717) is 48.5 Å². The molecule has 0 heterocycles. The second-order valence-electron chi connectivity index (χ2n) is 8.67. The summed E-state index contributed by atoms with van der Waals surface area (Å²) < 4.78 is 67.6. The van der Waals surface area contributed by atoms with E-state index in [1.54, 1.807) is 43.5 Å². The molecule has 0 aliphatic heterocycles. The lowest BCUT2D eigenvalue weighted by molar-refractivity contribution is 0.280. The molecular weight excluding hydrogens is 444 g/mol. The van der Waals surface area contributed by atoms with Crippen LogP contribution in [0, 0.1) is 17.6 Å².